The van der Waals surface area contributed by atoms with E-state index < -0.39 is 0 Å². The number of methoxy groups -OCH3 is 1. The lowest BCUT2D eigenvalue weighted by molar-refractivity contribution is -0.118. The van der Waals surface area contributed by atoms with Crippen LogP contribution in [0.25, 0.3) is 10.2 Å². The van der Waals surface area contributed by atoms with Crippen LogP contribution in [0.1, 0.15) is 25.0 Å². The summed E-state index contributed by atoms with van der Waals surface area (Å²) in [6.07, 6.45) is 0.292. The second kappa shape index (κ2) is 10.6. The first-order valence-electron chi connectivity index (χ1n) is 10.7. The van der Waals surface area contributed by atoms with Crippen molar-refractivity contribution in [2.24, 2.45) is 0 Å². The molecule has 1 amide bonds. The van der Waals surface area contributed by atoms with Gasteiger partial charge in [0.25, 0.3) is 0 Å². The summed E-state index contributed by atoms with van der Waals surface area (Å²) in [5.41, 5.74) is 2.68. The van der Waals surface area contributed by atoms with Gasteiger partial charge < -0.3 is 4.74 Å². The van der Waals surface area contributed by atoms with Crippen molar-refractivity contribution in [1.29, 1.82) is 0 Å². The van der Waals surface area contributed by atoms with Crippen molar-refractivity contribution in [2.45, 2.75) is 37.0 Å². The number of hydrogen-bond acceptors (Lipinski definition) is 5. The zero-order valence-electron chi connectivity index (χ0n) is 18.7. The minimum Gasteiger partial charge on any atom is -0.494 e. The molecular formula is C26H25ClN2O2S2. The Morgan fingerprint density at radius 2 is 1.79 bits per heavy atom. The van der Waals surface area contributed by atoms with Crippen molar-refractivity contribution >= 4 is 56.0 Å². The van der Waals surface area contributed by atoms with E-state index in [0.717, 1.165) is 15.8 Å². The summed E-state index contributed by atoms with van der Waals surface area (Å²) in [4.78, 5) is 21.2. The summed E-state index contributed by atoms with van der Waals surface area (Å²) in [7, 11) is 1.61. The second-order valence-corrected chi connectivity index (χ2v) is 10.9. The largest absolute Gasteiger partial charge is 0.494 e. The quantitative estimate of drug-likeness (QED) is 0.241. The van der Waals surface area contributed by atoms with Crippen LogP contribution in [0.5, 0.6) is 5.75 Å². The number of thioether (sulfide) groups is 1. The molecule has 4 rings (SSSR count). The van der Waals surface area contributed by atoms with Gasteiger partial charge in [-0.2, -0.15) is 0 Å². The van der Waals surface area contributed by atoms with E-state index in [4.69, 9.17) is 21.3 Å². The highest BCUT2D eigenvalue weighted by molar-refractivity contribution is 7.99. The smallest absolute Gasteiger partial charge is 0.233 e. The van der Waals surface area contributed by atoms with Crippen LogP contribution in [-0.4, -0.2) is 23.3 Å². The monoisotopic (exact) mass is 496 g/mol. The number of anilines is 1. The molecule has 0 saturated carbocycles. The molecule has 0 N–H and O–H groups in total. The summed E-state index contributed by atoms with van der Waals surface area (Å²) >= 11 is 9.65. The molecule has 170 valence electrons. The molecule has 0 spiro atoms. The highest BCUT2D eigenvalue weighted by Gasteiger charge is 2.22. The Kier molecular flexibility index (Phi) is 7.58. The van der Waals surface area contributed by atoms with Crippen LogP contribution in [0.15, 0.2) is 71.6 Å². The van der Waals surface area contributed by atoms with Crippen molar-refractivity contribution in [3.05, 3.63) is 82.9 Å². The van der Waals surface area contributed by atoms with Gasteiger partial charge >= 0.3 is 0 Å². The Labute approximate surface area is 207 Å². The molecule has 0 radical (unpaired) electrons. The molecule has 0 aliphatic rings. The van der Waals surface area contributed by atoms with Gasteiger partial charge in [0.1, 0.15) is 11.3 Å². The van der Waals surface area contributed by atoms with Crippen molar-refractivity contribution < 1.29 is 9.53 Å². The van der Waals surface area contributed by atoms with Crippen LogP contribution >= 0.6 is 34.7 Å². The Morgan fingerprint density at radius 3 is 2.45 bits per heavy atom. The highest BCUT2D eigenvalue weighted by atomic mass is 35.5. The zero-order valence-corrected chi connectivity index (χ0v) is 21.1. The Hall–Kier alpha value is -2.54. The van der Waals surface area contributed by atoms with Crippen molar-refractivity contribution in [1.82, 2.24) is 4.98 Å². The van der Waals surface area contributed by atoms with Gasteiger partial charge in [0, 0.05) is 10.1 Å². The molecule has 0 unspecified atom stereocenters. The lowest BCUT2D eigenvalue weighted by Gasteiger charge is -2.20. The van der Waals surface area contributed by atoms with Crippen LogP contribution in [0.3, 0.4) is 0 Å². The number of aromatic nitrogens is 1. The van der Waals surface area contributed by atoms with Gasteiger partial charge in [-0.15, -0.1) is 11.8 Å². The molecule has 4 nitrogen and oxygen atoms in total. The van der Waals surface area contributed by atoms with E-state index >= 15 is 0 Å². The fraction of sp³-hybridized carbons (Fsp3) is 0.231. The first kappa shape index (κ1) is 23.6. The zero-order chi connectivity index (χ0) is 23.4. The number of rotatable bonds is 8. The maximum absolute atomic E-state index is 13.5. The minimum absolute atomic E-state index is 0.0164. The molecule has 0 bridgehead atoms. The number of thiazole rings is 1. The Balaban J connectivity index is 1.66. The third-order valence-electron chi connectivity index (χ3n) is 5.03. The van der Waals surface area contributed by atoms with Crippen LogP contribution < -0.4 is 9.64 Å². The van der Waals surface area contributed by atoms with E-state index in [9.17, 15) is 4.79 Å². The van der Waals surface area contributed by atoms with Crippen molar-refractivity contribution in [2.75, 3.05) is 12.0 Å². The molecule has 0 saturated heterocycles. The van der Waals surface area contributed by atoms with Crippen LogP contribution in [0.2, 0.25) is 5.02 Å². The summed E-state index contributed by atoms with van der Waals surface area (Å²) in [6.45, 7) is 4.77. The molecular weight excluding hydrogens is 472 g/mol. The first-order chi connectivity index (χ1) is 15.9. The van der Waals surface area contributed by atoms with Gasteiger partial charge in [0.05, 0.1) is 29.8 Å². The molecule has 7 heteroatoms. The molecule has 4 aromatic rings. The van der Waals surface area contributed by atoms with E-state index in [1.54, 1.807) is 24.1 Å². The number of nitrogens with zero attached hydrogens (tertiary/aromatic N) is 2. The third kappa shape index (κ3) is 5.69. The normalized spacial score (nSPS) is 11.2. The summed E-state index contributed by atoms with van der Waals surface area (Å²) in [5, 5.41) is 1.72. The summed E-state index contributed by atoms with van der Waals surface area (Å²) < 4.78 is 6.28. The third-order valence-corrected chi connectivity index (χ3v) is 7.59. The fourth-order valence-electron chi connectivity index (χ4n) is 3.48. The van der Waals surface area contributed by atoms with E-state index in [1.807, 2.05) is 54.2 Å². The Morgan fingerprint density at radius 1 is 1.06 bits per heavy atom. The number of benzene rings is 3. The summed E-state index contributed by atoms with van der Waals surface area (Å²) in [5.74, 6) is 0.625. The molecule has 1 aromatic heterocycles. The maximum Gasteiger partial charge on any atom is 0.233 e. The molecule has 1 heterocycles. The van der Waals surface area contributed by atoms with E-state index in [-0.39, 0.29) is 5.91 Å². The standard InChI is InChI=1S/C26H25ClN2O2S2/c1-17(2)32-20-11-9-18(10-12-20)15-23(30)29(16-19-7-5-4-6-8-19)26-28-24-22(31-3)14-13-21(27)25(24)33-26/h4-14,17H,15-16H2,1-3H3. The number of amides is 1. The summed E-state index contributed by atoms with van der Waals surface area (Å²) in [6, 6.07) is 21.8. The van der Waals surface area contributed by atoms with Gasteiger partial charge in [-0.25, -0.2) is 4.98 Å². The lowest BCUT2D eigenvalue weighted by atomic mass is 10.1. The minimum atomic E-state index is -0.0164. The van der Waals surface area contributed by atoms with Gasteiger partial charge in [0.15, 0.2) is 5.13 Å². The molecule has 0 atom stereocenters. The molecule has 0 aliphatic heterocycles. The van der Waals surface area contributed by atoms with E-state index in [2.05, 4.69) is 26.0 Å². The lowest BCUT2D eigenvalue weighted by Crippen LogP contribution is -2.31. The highest BCUT2D eigenvalue weighted by Crippen LogP contribution is 2.39. The van der Waals surface area contributed by atoms with Crippen molar-refractivity contribution in [3.8, 4) is 5.75 Å². The number of halogens is 1. The average Bonchev–Trinajstić information content (AvgIpc) is 3.25. The van der Waals surface area contributed by atoms with Crippen LogP contribution in [0, 0.1) is 0 Å². The average molecular weight is 497 g/mol. The first-order valence-corrected chi connectivity index (χ1v) is 12.7. The number of carbonyl (C=O) groups is 1. The SMILES string of the molecule is COc1ccc(Cl)c2sc(N(Cc3ccccc3)C(=O)Cc3ccc(SC(C)C)cc3)nc12. The van der Waals surface area contributed by atoms with Gasteiger partial charge in [0.2, 0.25) is 5.91 Å². The molecule has 0 fully saturated rings. The van der Waals surface area contributed by atoms with Crippen LogP contribution in [0.4, 0.5) is 5.13 Å². The number of hydrogen-bond donors (Lipinski definition) is 0. The van der Waals surface area contributed by atoms with Crippen molar-refractivity contribution in [3.63, 3.8) is 0 Å². The number of fused-ring (bicyclic) bond motifs is 1. The second-order valence-electron chi connectivity index (χ2n) is 7.88. The number of carbonyl (C=O) groups excluding carboxylic acids is 1. The van der Waals surface area contributed by atoms with Gasteiger partial charge in [-0.3, -0.25) is 9.69 Å². The van der Waals surface area contributed by atoms with Crippen LogP contribution in [-0.2, 0) is 17.8 Å². The topological polar surface area (TPSA) is 42.4 Å². The number of ether oxygens (including phenoxy) is 1. The fourth-order valence-corrected chi connectivity index (χ4v) is 5.59. The predicted octanol–water partition coefficient (Wildman–Crippen LogP) is 7.23. The van der Waals surface area contributed by atoms with E-state index in [0.29, 0.717) is 39.6 Å². The maximum atomic E-state index is 13.5. The van der Waals surface area contributed by atoms with Gasteiger partial charge in [-0.05, 0) is 35.4 Å². The van der Waals surface area contributed by atoms with E-state index in [1.165, 1.54) is 16.2 Å². The molecule has 33 heavy (non-hydrogen) atoms. The molecule has 0 aliphatic carbocycles. The predicted molar refractivity (Wildman–Crippen MR) is 140 cm³/mol. The molecule has 3 aromatic carbocycles. The Bertz CT molecular complexity index is 1240. The van der Waals surface area contributed by atoms with Gasteiger partial charge in [-0.1, -0.05) is 79.2 Å².